The minimum Gasteiger partial charge on any atom is -0.351 e. The predicted molar refractivity (Wildman–Crippen MR) is 129 cm³/mol. The maximum atomic E-state index is 8.90. The van der Waals surface area contributed by atoms with E-state index in [-0.39, 0.29) is 17.6 Å². The van der Waals surface area contributed by atoms with Crippen molar-refractivity contribution in [3.63, 3.8) is 0 Å². The van der Waals surface area contributed by atoms with Gasteiger partial charge in [0, 0.05) is 15.8 Å². The van der Waals surface area contributed by atoms with Crippen LogP contribution < -0.4 is 4.90 Å². The average molecular weight is 418 g/mol. The molecule has 4 aliphatic rings. The Morgan fingerprint density at radius 1 is 0.871 bits per heavy atom. The van der Waals surface area contributed by atoms with Crippen LogP contribution in [0.3, 0.4) is 0 Å². The van der Waals surface area contributed by atoms with Gasteiger partial charge in [0.2, 0.25) is 0 Å². The number of hydrogen-bond donors (Lipinski definition) is 0. The Morgan fingerprint density at radius 3 is 2.13 bits per heavy atom. The van der Waals surface area contributed by atoms with Gasteiger partial charge in [0.25, 0.3) is 0 Å². The van der Waals surface area contributed by atoms with Gasteiger partial charge in [-0.3, -0.25) is 4.90 Å². The van der Waals surface area contributed by atoms with Gasteiger partial charge < -0.3 is 4.90 Å². The van der Waals surface area contributed by atoms with E-state index >= 15 is 0 Å². The second kappa shape index (κ2) is 7.37. The van der Waals surface area contributed by atoms with Gasteiger partial charge in [0.1, 0.15) is 0 Å². The van der Waals surface area contributed by atoms with E-state index in [1.54, 1.807) is 0 Å². The quantitative estimate of drug-likeness (QED) is 0.522. The third-order valence-electron chi connectivity index (χ3n) is 9.21. The number of fused-ring (bicyclic) bond motifs is 3. The minimum atomic E-state index is -2.10. The summed E-state index contributed by atoms with van der Waals surface area (Å²) in [4.78, 5) is 4.86. The topological polar surface area (TPSA) is 6.48 Å². The monoisotopic (exact) mass is 417 g/mol. The highest BCUT2D eigenvalue weighted by atomic mass is 15.5. The van der Waals surface area contributed by atoms with Crippen molar-refractivity contribution in [2.75, 3.05) is 4.90 Å². The van der Waals surface area contributed by atoms with Crippen LogP contribution >= 0.6 is 0 Å². The lowest BCUT2D eigenvalue weighted by Crippen LogP contribution is -2.55. The van der Waals surface area contributed by atoms with E-state index in [1.165, 1.54) is 62.5 Å². The normalized spacial score (nSPS) is 32.6. The van der Waals surface area contributed by atoms with Gasteiger partial charge in [0.05, 0.1) is 17.7 Å². The number of anilines is 1. The van der Waals surface area contributed by atoms with Crippen molar-refractivity contribution in [1.29, 1.82) is 0 Å². The first-order valence-electron chi connectivity index (χ1n) is 14.1. The van der Waals surface area contributed by atoms with Crippen LogP contribution in [0.5, 0.6) is 0 Å². The van der Waals surface area contributed by atoms with Crippen molar-refractivity contribution < 1.29 is 4.11 Å². The number of para-hydroxylation sites is 1. The molecule has 2 nitrogen and oxygen atoms in total. The second-order valence-corrected chi connectivity index (χ2v) is 10.5. The van der Waals surface area contributed by atoms with Gasteiger partial charge in [-0.1, -0.05) is 68.1 Å². The number of rotatable bonds is 3. The summed E-state index contributed by atoms with van der Waals surface area (Å²) in [6, 6.07) is 17.6. The van der Waals surface area contributed by atoms with E-state index in [0.29, 0.717) is 11.8 Å². The molecule has 2 heterocycles. The molecule has 0 amide bonds. The lowest BCUT2D eigenvalue weighted by Gasteiger charge is -2.51. The fraction of sp³-hybridized carbons (Fsp3) is 0.586. The number of aryl methyl sites for hydroxylation is 1. The molecule has 2 saturated carbocycles. The molecule has 2 aliphatic heterocycles. The first kappa shape index (κ1) is 16.8. The number of benzene rings is 2. The smallest absolute Gasteiger partial charge is 0.0809 e. The van der Waals surface area contributed by atoms with Crippen LogP contribution in [0.1, 0.15) is 92.0 Å². The largest absolute Gasteiger partial charge is 0.351 e. The molecule has 0 spiro atoms. The summed E-state index contributed by atoms with van der Waals surface area (Å²) < 4.78 is 26.7. The fourth-order valence-corrected chi connectivity index (χ4v) is 8.13. The van der Waals surface area contributed by atoms with Crippen molar-refractivity contribution >= 4 is 5.69 Å². The van der Waals surface area contributed by atoms with Crippen LogP contribution in [-0.2, 0) is 5.54 Å². The zero-order valence-corrected chi connectivity index (χ0v) is 19.1. The highest BCUT2D eigenvalue weighted by molar-refractivity contribution is 5.59. The van der Waals surface area contributed by atoms with E-state index in [1.807, 2.05) is 0 Å². The molecule has 2 unspecified atom stereocenters. The van der Waals surface area contributed by atoms with E-state index in [4.69, 9.17) is 4.11 Å². The van der Waals surface area contributed by atoms with Crippen LogP contribution in [0.15, 0.2) is 48.5 Å². The van der Waals surface area contributed by atoms with Crippen LogP contribution in [0.2, 0.25) is 0 Å². The molecule has 6 rings (SSSR count). The van der Waals surface area contributed by atoms with Crippen LogP contribution in [0, 0.1) is 18.8 Å². The van der Waals surface area contributed by atoms with Gasteiger partial charge >= 0.3 is 0 Å². The summed E-state index contributed by atoms with van der Waals surface area (Å²) in [6.07, 6.45) is 9.37. The Balaban J connectivity index is 1.63. The molecule has 0 N–H and O–H groups in total. The molecule has 2 heteroatoms. The number of hydrogen-bond acceptors (Lipinski definition) is 2. The molecule has 31 heavy (non-hydrogen) atoms. The molecule has 2 aliphatic carbocycles. The third kappa shape index (κ3) is 2.61. The molecule has 0 aromatic heterocycles. The van der Waals surface area contributed by atoms with Crippen LogP contribution in [-0.4, -0.2) is 17.1 Å². The van der Waals surface area contributed by atoms with Crippen LogP contribution in [0.4, 0.5) is 5.69 Å². The summed E-state index contributed by atoms with van der Waals surface area (Å²) in [7, 11) is 0. The van der Waals surface area contributed by atoms with E-state index in [9.17, 15) is 0 Å². The highest BCUT2D eigenvalue weighted by Gasteiger charge is 2.64. The summed E-state index contributed by atoms with van der Waals surface area (Å²) in [5.74, 6) is 1.08. The molecule has 0 radical (unpaired) electrons. The summed E-state index contributed by atoms with van der Waals surface area (Å²) >= 11 is 0. The van der Waals surface area contributed by atoms with Crippen molar-refractivity contribution in [3.8, 4) is 0 Å². The van der Waals surface area contributed by atoms with Gasteiger partial charge in [-0.05, 0) is 81.0 Å². The van der Waals surface area contributed by atoms with Gasteiger partial charge in [0.15, 0.2) is 0 Å². The third-order valence-corrected chi connectivity index (χ3v) is 9.21. The van der Waals surface area contributed by atoms with E-state index in [0.717, 1.165) is 11.3 Å². The summed E-state index contributed by atoms with van der Waals surface area (Å²) in [5, 5.41) is 0. The first-order valence-corrected chi connectivity index (χ1v) is 12.6. The summed E-state index contributed by atoms with van der Waals surface area (Å²) in [6.45, 7) is 2.29. The zero-order chi connectivity index (χ0) is 23.7. The molecule has 0 bridgehead atoms. The molecule has 2 aromatic rings. The average Bonchev–Trinajstić information content (AvgIpc) is 3.59. The Kier molecular flexibility index (Phi) is 3.99. The first-order chi connectivity index (χ1) is 16.4. The van der Waals surface area contributed by atoms with Crippen LogP contribution in [0.25, 0.3) is 0 Å². The molecule has 3 atom stereocenters. The Labute approximate surface area is 192 Å². The lowest BCUT2D eigenvalue weighted by molar-refractivity contribution is -0.0351. The molecular formula is C29H38N2. The molecule has 164 valence electrons. The van der Waals surface area contributed by atoms with E-state index in [2.05, 4.69) is 72.2 Å². The molecule has 1 saturated heterocycles. The SMILES string of the molecule is [2H]C([2H])([2H])C1N(c2ccccc2C)[C@@H](C)C2c3ccccc3C(C3CCCC3)(C3CCCC3)N21. The van der Waals surface area contributed by atoms with Gasteiger partial charge in [-0.15, -0.1) is 0 Å². The zero-order valence-electron chi connectivity index (χ0n) is 22.1. The predicted octanol–water partition coefficient (Wildman–Crippen LogP) is 7.18. The van der Waals surface area contributed by atoms with Crippen molar-refractivity contribution in [2.24, 2.45) is 11.8 Å². The highest BCUT2D eigenvalue weighted by Crippen LogP contribution is 2.64. The maximum Gasteiger partial charge on any atom is 0.0809 e. The standard InChI is InChI=1S/C29H38N2/c1-20-12-4-11-19-27(20)30-21(2)28-25-17-9-10-18-26(25)29(31(28)22(30)3,23-13-5-6-14-23)24-15-7-8-16-24/h4,9-12,17-19,21-24,28H,5-8,13-16H2,1-3H3/t21-,22?,28?/m0/s1/i3D3. The minimum absolute atomic E-state index is 0.0948. The number of nitrogens with zero attached hydrogens (tertiary/aromatic N) is 2. The molecular weight excluding hydrogens is 376 g/mol. The molecule has 3 fully saturated rings. The van der Waals surface area contributed by atoms with Gasteiger partial charge in [-0.2, -0.15) is 0 Å². The Bertz CT molecular complexity index is 1040. The van der Waals surface area contributed by atoms with Crippen molar-refractivity contribution in [2.45, 2.75) is 95.9 Å². The second-order valence-electron chi connectivity index (χ2n) is 10.5. The lowest BCUT2D eigenvalue weighted by atomic mass is 9.67. The summed E-state index contributed by atoms with van der Waals surface area (Å²) in [5.41, 5.74) is 4.92. The fourth-order valence-electron chi connectivity index (χ4n) is 8.13. The Hall–Kier alpha value is -1.80. The Morgan fingerprint density at radius 2 is 1.48 bits per heavy atom. The van der Waals surface area contributed by atoms with Crippen molar-refractivity contribution in [1.82, 2.24) is 4.90 Å². The van der Waals surface area contributed by atoms with Crippen molar-refractivity contribution in [3.05, 3.63) is 65.2 Å². The van der Waals surface area contributed by atoms with E-state index < -0.39 is 13.0 Å². The van der Waals surface area contributed by atoms with Gasteiger partial charge in [-0.25, -0.2) is 0 Å². The molecule has 2 aromatic carbocycles. The maximum absolute atomic E-state index is 8.90.